The Balaban J connectivity index is 0.00000230. The van der Waals surface area contributed by atoms with E-state index < -0.39 is 23.2 Å². The Morgan fingerprint density at radius 2 is 0.756 bits per heavy atom. The largest absolute Gasteiger partial charge is 1.00 e. The minimum absolute atomic E-state index is 0. The van der Waals surface area contributed by atoms with Gasteiger partial charge in [-0.1, -0.05) is 0 Å². The van der Waals surface area contributed by atoms with E-state index in [-0.39, 0.29) is 31.1 Å². The topological polar surface area (TPSA) is 0 Å². The van der Waals surface area contributed by atoms with Crippen LogP contribution in [0, 0.1) is 0 Å². The molecule has 0 amide bonds. The van der Waals surface area contributed by atoms with E-state index in [2.05, 4.69) is 144 Å². The summed E-state index contributed by atoms with van der Waals surface area (Å²) >= 11 is -1.20. The molecule has 0 radical (unpaired) electrons. The van der Waals surface area contributed by atoms with E-state index in [4.69, 9.17) is 0 Å². The fraction of sp³-hybridized carbons (Fsp3) is 0.429. The normalized spacial score (nSPS) is 13.6. The van der Waals surface area contributed by atoms with E-state index in [1.165, 1.54) is 44.5 Å². The van der Waals surface area contributed by atoms with Crippen LogP contribution in [0.5, 0.6) is 0 Å². The third-order valence-electron chi connectivity index (χ3n) is 9.75. The molecule has 0 N–H and O–H groups in total. The summed E-state index contributed by atoms with van der Waals surface area (Å²) in [7, 11) is 0. The van der Waals surface area contributed by atoms with Crippen molar-refractivity contribution in [3.05, 3.63) is 105 Å². The molecule has 4 aromatic rings. The molecule has 45 heavy (non-hydrogen) atoms. The van der Waals surface area contributed by atoms with E-state index >= 15 is 0 Å². The molecule has 0 heterocycles. The summed E-state index contributed by atoms with van der Waals surface area (Å²) in [5, 5.41) is 0. The van der Waals surface area contributed by atoms with Crippen LogP contribution in [0.3, 0.4) is 0 Å². The van der Waals surface area contributed by atoms with Crippen LogP contribution in [0.15, 0.2) is 60.7 Å². The summed E-state index contributed by atoms with van der Waals surface area (Å²) in [4.78, 5) is 0. The van der Waals surface area contributed by atoms with Gasteiger partial charge < -0.3 is 9.41 Å². The van der Waals surface area contributed by atoms with Gasteiger partial charge in [0.1, 0.15) is 0 Å². The molecule has 6 rings (SSSR count). The van der Waals surface area contributed by atoms with Gasteiger partial charge in [0, 0.05) is 0 Å². The van der Waals surface area contributed by atoms with Crippen molar-refractivity contribution in [3.63, 3.8) is 0 Å². The molecular weight excluding hydrogens is 634 g/mol. The van der Waals surface area contributed by atoms with Crippen molar-refractivity contribution in [1.82, 2.24) is 0 Å². The van der Waals surface area contributed by atoms with Gasteiger partial charge in [-0.3, -0.25) is 0 Å². The number of hydrogen-bond donors (Lipinski definition) is 0. The van der Waals surface area contributed by atoms with Gasteiger partial charge in [0.15, 0.2) is 0 Å². The van der Waals surface area contributed by atoms with Crippen LogP contribution in [-0.2, 0) is 57.7 Å². The molecule has 0 spiro atoms. The minimum atomic E-state index is -1.20. The van der Waals surface area contributed by atoms with Gasteiger partial charge in [-0.2, -0.15) is 0 Å². The van der Waals surface area contributed by atoms with E-state index in [0.29, 0.717) is 0 Å². The average Bonchev–Trinajstić information content (AvgIpc) is 3.44. The van der Waals surface area contributed by atoms with Crippen LogP contribution in [0.25, 0.3) is 22.3 Å². The van der Waals surface area contributed by atoms with E-state index in [9.17, 15) is 0 Å². The smallest absolute Gasteiger partial charge is 1.00 e. The Hall–Kier alpha value is -2.38. The number of fused-ring (bicyclic) bond motifs is 6. The fourth-order valence-corrected chi connectivity index (χ4v) is 12.5. The monoisotopic (exact) mass is 682 g/mol. The second-order valence-electron chi connectivity index (χ2n) is 17.3. The first kappa shape index (κ1) is 35.5. The van der Waals surface area contributed by atoms with Crippen LogP contribution in [0.4, 0.5) is 0 Å². The van der Waals surface area contributed by atoms with Gasteiger partial charge in [0.2, 0.25) is 0 Å². The molecule has 0 bridgehead atoms. The molecule has 0 saturated heterocycles. The molecule has 3 heteroatoms. The molecule has 0 nitrogen and oxygen atoms in total. The Morgan fingerprint density at radius 3 is 1.07 bits per heavy atom. The van der Waals surface area contributed by atoms with Crippen LogP contribution < -0.4 is 16.0 Å². The van der Waals surface area contributed by atoms with Crippen LogP contribution in [0.1, 0.15) is 128 Å². The Bertz CT molecular complexity index is 1630. The summed E-state index contributed by atoms with van der Waals surface area (Å²) in [5.74, 6) is 0. The maximum absolute atomic E-state index is 2.51. The summed E-state index contributed by atoms with van der Waals surface area (Å²) < 4.78 is 3.46. The van der Waals surface area contributed by atoms with Crippen molar-refractivity contribution in [2.45, 2.75) is 118 Å². The molecule has 0 fully saturated rings. The first-order valence-corrected chi connectivity index (χ1v) is 18.7. The number of hydrogen-bond acceptors (Lipinski definition) is 0. The zero-order chi connectivity index (χ0) is 31.3. The fourth-order valence-electron chi connectivity index (χ4n) is 7.15. The molecule has 0 aromatic heterocycles. The van der Waals surface area contributed by atoms with Gasteiger partial charge in [0.25, 0.3) is 0 Å². The molecule has 0 aliphatic heterocycles. The molecule has 4 aromatic carbocycles. The van der Waals surface area contributed by atoms with Gasteiger partial charge in [0.05, 0.1) is 0 Å². The molecule has 2 aliphatic rings. The predicted octanol–water partition coefficient (Wildman–Crippen LogP) is 4.06. The first-order chi connectivity index (χ1) is 19.8. The number of benzene rings is 4. The SMILES string of the molecule is CC(C)(C)c1ccc2c(c1)Cc1c-2ccc(C(C)(C)C)[c]1[Zr+2][c]1c(C(C)(C)C)ccc2c1Cc1cc(C(C)(C)C)ccc1-2.[F-].[F-]. The van der Waals surface area contributed by atoms with Gasteiger partial charge >= 0.3 is 275 Å². The molecule has 0 atom stereocenters. The Labute approximate surface area is 282 Å². The summed E-state index contributed by atoms with van der Waals surface area (Å²) in [5.41, 5.74) is 18.8. The quantitative estimate of drug-likeness (QED) is 0.259. The number of rotatable bonds is 2. The van der Waals surface area contributed by atoms with Gasteiger partial charge in [-0.15, -0.1) is 0 Å². The van der Waals surface area contributed by atoms with E-state index in [0.717, 1.165) is 12.8 Å². The Kier molecular flexibility index (Phi) is 9.22. The zero-order valence-electron chi connectivity index (χ0n) is 29.4. The summed E-state index contributed by atoms with van der Waals surface area (Å²) in [6, 6.07) is 24.5. The van der Waals surface area contributed by atoms with Crippen LogP contribution in [-0.4, -0.2) is 0 Å². The maximum atomic E-state index is 2.51. The van der Waals surface area contributed by atoms with Crippen molar-refractivity contribution >= 4 is 6.54 Å². The van der Waals surface area contributed by atoms with Gasteiger partial charge in [-0.25, -0.2) is 0 Å². The molecule has 236 valence electrons. The summed E-state index contributed by atoms with van der Waals surface area (Å²) in [6.45, 7) is 28.5. The zero-order valence-corrected chi connectivity index (χ0v) is 31.9. The van der Waals surface area contributed by atoms with E-state index in [1.54, 1.807) is 28.8 Å². The summed E-state index contributed by atoms with van der Waals surface area (Å²) in [6.07, 6.45) is 2.15. The van der Waals surface area contributed by atoms with Crippen molar-refractivity contribution in [2.24, 2.45) is 0 Å². The number of halogens is 2. The molecule has 0 saturated carbocycles. The minimum Gasteiger partial charge on any atom is -1.00 e. The van der Waals surface area contributed by atoms with Crippen molar-refractivity contribution in [1.29, 1.82) is 0 Å². The predicted molar refractivity (Wildman–Crippen MR) is 183 cm³/mol. The van der Waals surface area contributed by atoms with Crippen molar-refractivity contribution in [3.8, 4) is 22.3 Å². The maximum Gasteiger partial charge on any atom is -1.00 e. The molecule has 2 aliphatic carbocycles. The second kappa shape index (κ2) is 11.7. The van der Waals surface area contributed by atoms with Crippen molar-refractivity contribution < 1.29 is 32.6 Å². The van der Waals surface area contributed by atoms with Gasteiger partial charge in [-0.05, 0) is 0 Å². The molecule has 0 unspecified atom stereocenters. The first-order valence-electron chi connectivity index (χ1n) is 16.2. The van der Waals surface area contributed by atoms with Crippen molar-refractivity contribution in [2.75, 3.05) is 0 Å². The average molecular weight is 684 g/mol. The van der Waals surface area contributed by atoms with E-state index in [1.807, 2.05) is 0 Å². The second-order valence-corrected chi connectivity index (χ2v) is 20.3. The third-order valence-corrected chi connectivity index (χ3v) is 13.8. The van der Waals surface area contributed by atoms with Crippen LogP contribution >= 0.6 is 0 Å². The third kappa shape index (κ3) is 6.33. The Morgan fingerprint density at radius 1 is 0.422 bits per heavy atom. The standard InChI is InChI=1S/2C21H25.2FH.Zr/c2*1-20(2,3)16-7-9-18-14(12-16)11-15-13-17(21(4,5)6)8-10-19(15)18;;;/h2*7-10,12H,11H2,1-6H3;2*1H;/q;;;;+2/p-2. The van der Waals surface area contributed by atoms with Crippen LogP contribution in [0.2, 0.25) is 0 Å². The molecular formula is C42H50F2Zr.